The molecule has 248 valence electrons. The van der Waals surface area contributed by atoms with E-state index in [2.05, 4.69) is 42.3 Å². The number of carbonyl (C=O) groups excluding carboxylic acids is 2. The maximum absolute atomic E-state index is 14.1. The fourth-order valence-electron chi connectivity index (χ4n) is 7.21. The van der Waals surface area contributed by atoms with Gasteiger partial charge < -0.3 is 26.6 Å². The third kappa shape index (κ3) is 10.4. The summed E-state index contributed by atoms with van der Waals surface area (Å²) in [5, 5.41) is 4.45. The van der Waals surface area contributed by atoms with Crippen molar-refractivity contribution >= 4 is 35.0 Å². The van der Waals surface area contributed by atoms with E-state index in [9.17, 15) is 9.59 Å². The van der Waals surface area contributed by atoms with Gasteiger partial charge in [0.25, 0.3) is 0 Å². The van der Waals surface area contributed by atoms with E-state index in [1.54, 1.807) is 12.1 Å². The van der Waals surface area contributed by atoms with Crippen LogP contribution in [0.3, 0.4) is 0 Å². The smallest absolute Gasteiger partial charge is 0.240 e. The van der Waals surface area contributed by atoms with Gasteiger partial charge in [-0.1, -0.05) is 85.1 Å². The summed E-state index contributed by atoms with van der Waals surface area (Å²) in [6.45, 7) is 7.46. The van der Waals surface area contributed by atoms with Crippen LogP contribution >= 0.6 is 23.2 Å². The summed E-state index contributed by atoms with van der Waals surface area (Å²) in [6, 6.07) is 10.9. The number of halogens is 2. The Morgan fingerprint density at radius 1 is 0.956 bits per heavy atom. The number of amides is 2. The predicted octanol–water partition coefficient (Wildman–Crippen LogP) is 5.82. The van der Waals surface area contributed by atoms with Gasteiger partial charge in [-0.2, -0.15) is 0 Å². The largest absolute Gasteiger partial charge is 0.336 e. The Kier molecular flexibility index (Phi) is 14.0. The first kappa shape index (κ1) is 35.7. The van der Waals surface area contributed by atoms with Crippen molar-refractivity contribution in [3.05, 3.63) is 68.7 Å². The molecule has 2 aliphatic rings. The zero-order valence-electron chi connectivity index (χ0n) is 27.2. The normalized spacial score (nSPS) is 20.0. The van der Waals surface area contributed by atoms with Gasteiger partial charge in [-0.05, 0) is 87.2 Å². The van der Waals surface area contributed by atoms with E-state index in [0.29, 0.717) is 48.4 Å². The van der Waals surface area contributed by atoms with Crippen molar-refractivity contribution in [1.82, 2.24) is 15.1 Å². The Morgan fingerprint density at radius 3 is 2.40 bits per heavy atom. The molecule has 1 aliphatic carbocycles. The highest BCUT2D eigenvalue weighted by Gasteiger charge is 2.40. The molecular formula is C36H53Cl2N5O2. The second-order valence-corrected chi connectivity index (χ2v) is 14.1. The Bertz CT molecular complexity index is 1270. The lowest BCUT2D eigenvalue weighted by atomic mass is 9.83. The van der Waals surface area contributed by atoms with Gasteiger partial charge in [0.05, 0.1) is 6.04 Å². The third-order valence-corrected chi connectivity index (χ3v) is 10.3. The van der Waals surface area contributed by atoms with Crippen LogP contribution in [0.5, 0.6) is 0 Å². The molecule has 1 saturated heterocycles. The molecule has 4 rings (SSSR count). The van der Waals surface area contributed by atoms with Crippen LogP contribution in [-0.4, -0.2) is 72.5 Å². The number of piperazine rings is 1. The minimum absolute atomic E-state index is 0.0518. The Hall–Kier alpha value is -2.16. The first-order valence-electron chi connectivity index (χ1n) is 16.9. The molecule has 9 heteroatoms. The van der Waals surface area contributed by atoms with Gasteiger partial charge in [0.15, 0.2) is 0 Å². The molecule has 0 radical (unpaired) electrons. The molecule has 2 fully saturated rings. The second kappa shape index (κ2) is 17.7. The molecule has 2 amide bonds. The van der Waals surface area contributed by atoms with E-state index >= 15 is 0 Å². The molecule has 1 heterocycles. The van der Waals surface area contributed by atoms with E-state index in [-0.39, 0.29) is 23.9 Å². The maximum Gasteiger partial charge on any atom is 0.240 e. The standard InChI is InChI=1S/C36H53Cl2N5O2/c1-25-10-11-28(26(2)19-25)13-15-35(44)42-24-32(20-27-7-4-3-5-8-27)43(23-31(42)9-6-17-41-18-16-39)36(45)34(40)21-29-12-14-30(37)22-33(29)38/h10-12,14,19,22,27,31-32,34,41H,3-9,13,15-18,20-21,23-24,39-40H2,1-2H3/t31?,32-,34?/m1/s1. The van der Waals surface area contributed by atoms with Gasteiger partial charge in [0.1, 0.15) is 0 Å². The fraction of sp³-hybridized carbons (Fsp3) is 0.611. The number of nitrogens with zero attached hydrogens (tertiary/aromatic N) is 2. The van der Waals surface area contributed by atoms with Crippen LogP contribution in [0, 0.1) is 19.8 Å². The number of rotatable bonds is 14. The highest BCUT2D eigenvalue weighted by Crippen LogP contribution is 2.32. The molecule has 0 aromatic heterocycles. The van der Waals surface area contributed by atoms with Crippen LogP contribution in [0.1, 0.15) is 80.0 Å². The van der Waals surface area contributed by atoms with Gasteiger partial charge in [-0.25, -0.2) is 0 Å². The van der Waals surface area contributed by atoms with Crippen molar-refractivity contribution < 1.29 is 9.59 Å². The van der Waals surface area contributed by atoms with E-state index in [4.69, 9.17) is 34.7 Å². The fourth-order valence-corrected chi connectivity index (χ4v) is 7.69. The minimum Gasteiger partial charge on any atom is -0.336 e. The zero-order chi connectivity index (χ0) is 32.3. The number of benzene rings is 2. The number of hydrogen-bond donors (Lipinski definition) is 3. The molecule has 2 aromatic rings. The highest BCUT2D eigenvalue weighted by atomic mass is 35.5. The molecule has 2 aromatic carbocycles. The van der Waals surface area contributed by atoms with E-state index in [0.717, 1.165) is 44.3 Å². The minimum atomic E-state index is -0.726. The molecule has 1 aliphatic heterocycles. The Balaban J connectivity index is 1.54. The lowest BCUT2D eigenvalue weighted by molar-refractivity contribution is -0.148. The van der Waals surface area contributed by atoms with Gasteiger partial charge in [0, 0.05) is 54.7 Å². The molecule has 0 bridgehead atoms. The number of nitrogens with two attached hydrogens (primary N) is 2. The van der Waals surface area contributed by atoms with E-state index in [1.807, 2.05) is 11.0 Å². The second-order valence-electron chi connectivity index (χ2n) is 13.2. The summed E-state index contributed by atoms with van der Waals surface area (Å²) < 4.78 is 0. The molecular weight excluding hydrogens is 605 g/mol. The monoisotopic (exact) mass is 657 g/mol. The molecule has 5 N–H and O–H groups in total. The number of aryl methyl sites for hydroxylation is 3. The molecule has 2 unspecified atom stereocenters. The molecule has 7 nitrogen and oxygen atoms in total. The SMILES string of the molecule is Cc1ccc(CCC(=O)N2C[C@@H](CC3CCCCC3)N(C(=O)C(N)Cc3ccc(Cl)cc3Cl)CC2CCCNCCN)c(C)c1. The predicted molar refractivity (Wildman–Crippen MR) is 186 cm³/mol. The first-order chi connectivity index (χ1) is 21.7. The average molecular weight is 659 g/mol. The quantitative estimate of drug-likeness (QED) is 0.222. The topological polar surface area (TPSA) is 105 Å². The zero-order valence-corrected chi connectivity index (χ0v) is 28.7. The maximum atomic E-state index is 14.1. The number of hydrogen-bond acceptors (Lipinski definition) is 5. The average Bonchev–Trinajstić information content (AvgIpc) is 3.02. The van der Waals surface area contributed by atoms with Gasteiger partial charge in [-0.15, -0.1) is 0 Å². The molecule has 0 spiro atoms. The van der Waals surface area contributed by atoms with E-state index in [1.165, 1.54) is 48.8 Å². The van der Waals surface area contributed by atoms with Crippen molar-refractivity contribution in [1.29, 1.82) is 0 Å². The van der Waals surface area contributed by atoms with Gasteiger partial charge in [0.2, 0.25) is 11.8 Å². The van der Waals surface area contributed by atoms with Crippen LogP contribution in [-0.2, 0) is 22.4 Å². The van der Waals surface area contributed by atoms with E-state index < -0.39 is 6.04 Å². The lowest BCUT2D eigenvalue weighted by Gasteiger charge is -2.48. The third-order valence-electron chi connectivity index (χ3n) is 9.72. The van der Waals surface area contributed by atoms with Crippen molar-refractivity contribution in [3.8, 4) is 0 Å². The summed E-state index contributed by atoms with van der Waals surface area (Å²) >= 11 is 12.6. The molecule has 1 saturated carbocycles. The van der Waals surface area contributed by atoms with Gasteiger partial charge in [-0.3, -0.25) is 9.59 Å². The number of nitrogens with one attached hydrogen (secondary N) is 1. The Labute approximate surface area is 280 Å². The molecule has 45 heavy (non-hydrogen) atoms. The Morgan fingerprint density at radius 2 is 1.69 bits per heavy atom. The highest BCUT2D eigenvalue weighted by molar-refractivity contribution is 6.35. The number of carbonyl (C=O) groups is 2. The first-order valence-corrected chi connectivity index (χ1v) is 17.7. The van der Waals surface area contributed by atoms with Crippen molar-refractivity contribution in [3.63, 3.8) is 0 Å². The van der Waals surface area contributed by atoms with Crippen LogP contribution in [0.2, 0.25) is 10.0 Å². The summed E-state index contributed by atoms with van der Waals surface area (Å²) in [7, 11) is 0. The van der Waals surface area contributed by atoms with Gasteiger partial charge >= 0.3 is 0 Å². The van der Waals surface area contributed by atoms with Crippen LogP contribution in [0.25, 0.3) is 0 Å². The molecule has 3 atom stereocenters. The van der Waals surface area contributed by atoms with Crippen LogP contribution in [0.4, 0.5) is 0 Å². The summed E-state index contributed by atoms with van der Waals surface area (Å²) in [5.41, 5.74) is 16.8. The van der Waals surface area contributed by atoms with Crippen LogP contribution in [0.15, 0.2) is 36.4 Å². The summed E-state index contributed by atoms with van der Waals surface area (Å²) in [5.74, 6) is 0.675. The van der Waals surface area contributed by atoms with Crippen molar-refractivity contribution in [2.75, 3.05) is 32.7 Å². The summed E-state index contributed by atoms with van der Waals surface area (Å²) in [6.07, 6.45) is 10.2. The van der Waals surface area contributed by atoms with Crippen LogP contribution < -0.4 is 16.8 Å². The lowest BCUT2D eigenvalue weighted by Crippen LogP contribution is -2.64. The summed E-state index contributed by atoms with van der Waals surface area (Å²) in [4.78, 5) is 32.3. The van der Waals surface area contributed by atoms with Crippen molar-refractivity contribution in [2.45, 2.75) is 103 Å². The van der Waals surface area contributed by atoms with Crippen molar-refractivity contribution in [2.24, 2.45) is 17.4 Å².